The van der Waals surface area contributed by atoms with Crippen molar-refractivity contribution in [3.63, 3.8) is 0 Å². The summed E-state index contributed by atoms with van der Waals surface area (Å²) in [5.74, 6) is 1.23. The molecule has 0 bridgehead atoms. The molecule has 1 atom stereocenters. The van der Waals surface area contributed by atoms with E-state index in [0.717, 1.165) is 23.7 Å². The smallest absolute Gasteiger partial charge is 0.145 e. The van der Waals surface area contributed by atoms with Gasteiger partial charge in [0.1, 0.15) is 10.8 Å². The van der Waals surface area contributed by atoms with E-state index in [0.29, 0.717) is 12.5 Å². The number of nitrogens with one attached hydrogen (secondary N) is 1. The third-order valence-corrected chi connectivity index (χ3v) is 3.10. The summed E-state index contributed by atoms with van der Waals surface area (Å²) in [6, 6.07) is 0. The maximum Gasteiger partial charge on any atom is 0.145 e. The van der Waals surface area contributed by atoms with Crippen LogP contribution in [0.1, 0.15) is 12.8 Å². The lowest BCUT2D eigenvalue weighted by atomic mass is 10.2. The summed E-state index contributed by atoms with van der Waals surface area (Å²) in [4.78, 5) is 8.39. The molecule has 4 nitrogen and oxygen atoms in total. The Kier molecular flexibility index (Phi) is 3.43. The van der Waals surface area contributed by atoms with Crippen molar-refractivity contribution >= 4 is 17.6 Å². The Hall–Kier alpha value is -0.810. The first-order valence-electron chi connectivity index (χ1n) is 5.07. The molecule has 0 spiro atoms. The van der Waals surface area contributed by atoms with Crippen molar-refractivity contribution in [1.82, 2.24) is 9.97 Å². The van der Waals surface area contributed by atoms with Gasteiger partial charge in [0.25, 0.3) is 0 Å². The molecule has 0 saturated heterocycles. The molecule has 0 radical (unpaired) electrons. The van der Waals surface area contributed by atoms with Gasteiger partial charge in [-0.05, 0) is 25.0 Å². The lowest BCUT2D eigenvalue weighted by molar-refractivity contribution is 0.164. The monoisotopic (exact) mass is 225 g/mol. The van der Waals surface area contributed by atoms with E-state index in [2.05, 4.69) is 15.3 Å². The summed E-state index contributed by atoms with van der Waals surface area (Å²) in [5, 5.41) is 13.7. The Balaban J connectivity index is 1.86. The Labute approximate surface area is 93.5 Å². The molecule has 1 aromatic rings. The molecule has 2 rings (SSSR count). The maximum atomic E-state index is 9.66. The molecule has 82 valence electrons. The molecule has 1 aliphatic rings. The molecule has 0 aliphatic heterocycles. The van der Waals surface area contributed by atoms with Crippen molar-refractivity contribution < 1.29 is 5.11 Å². The fourth-order valence-electron chi connectivity index (χ4n) is 1.39. The molecule has 15 heavy (non-hydrogen) atoms. The highest BCUT2D eigenvalue weighted by atomic mass is 32.2. The molecule has 0 aromatic carbocycles. The minimum absolute atomic E-state index is 0.246. The first-order valence-corrected chi connectivity index (χ1v) is 6.30. The zero-order chi connectivity index (χ0) is 10.7. The molecule has 1 aliphatic carbocycles. The van der Waals surface area contributed by atoms with Crippen molar-refractivity contribution in [1.29, 1.82) is 0 Å². The lowest BCUT2D eigenvalue weighted by Gasteiger charge is -2.10. The number of anilines is 1. The molecule has 0 unspecified atom stereocenters. The van der Waals surface area contributed by atoms with E-state index in [4.69, 9.17) is 0 Å². The fourth-order valence-corrected chi connectivity index (χ4v) is 1.74. The number of aromatic nitrogens is 2. The van der Waals surface area contributed by atoms with Gasteiger partial charge in [-0.25, -0.2) is 4.98 Å². The van der Waals surface area contributed by atoms with E-state index in [9.17, 15) is 5.11 Å². The van der Waals surface area contributed by atoms with Gasteiger partial charge in [-0.1, -0.05) is 0 Å². The molecule has 1 saturated carbocycles. The van der Waals surface area contributed by atoms with Gasteiger partial charge in [-0.2, -0.15) is 0 Å². The third-order valence-electron chi connectivity index (χ3n) is 2.48. The van der Waals surface area contributed by atoms with E-state index >= 15 is 0 Å². The first kappa shape index (κ1) is 10.7. The number of aliphatic hydroxyl groups is 1. The van der Waals surface area contributed by atoms with Crippen LogP contribution in [0.15, 0.2) is 17.4 Å². The van der Waals surface area contributed by atoms with Crippen LogP contribution in [0.25, 0.3) is 0 Å². The highest BCUT2D eigenvalue weighted by molar-refractivity contribution is 7.98. The Morgan fingerprint density at radius 1 is 1.60 bits per heavy atom. The van der Waals surface area contributed by atoms with Crippen LogP contribution in [-0.4, -0.2) is 34.0 Å². The second kappa shape index (κ2) is 4.81. The van der Waals surface area contributed by atoms with Crippen molar-refractivity contribution in [3.05, 3.63) is 12.4 Å². The highest BCUT2D eigenvalue weighted by Crippen LogP contribution is 2.32. The average molecular weight is 225 g/mol. The fraction of sp³-hybridized carbons (Fsp3) is 0.600. The quantitative estimate of drug-likeness (QED) is 0.741. The molecule has 2 N–H and O–H groups in total. The second-order valence-corrected chi connectivity index (χ2v) is 4.56. The van der Waals surface area contributed by atoms with Gasteiger partial charge in [0.15, 0.2) is 0 Å². The standard InChI is InChI=1S/C10H15N3OS/c1-15-10-6-11-5-9(13-10)12-4-8(14)7-2-3-7/h5-8,14H,2-4H2,1H3,(H,12,13)/t8-/m1/s1. The lowest BCUT2D eigenvalue weighted by Crippen LogP contribution is -2.21. The van der Waals surface area contributed by atoms with Gasteiger partial charge in [-0.3, -0.25) is 4.98 Å². The molecular formula is C10H15N3OS. The topological polar surface area (TPSA) is 58.0 Å². The average Bonchev–Trinajstić information content (AvgIpc) is 3.10. The van der Waals surface area contributed by atoms with Crippen LogP contribution in [0, 0.1) is 5.92 Å². The Morgan fingerprint density at radius 2 is 2.40 bits per heavy atom. The number of rotatable bonds is 5. The minimum Gasteiger partial charge on any atom is -0.391 e. The molecule has 5 heteroatoms. The molecule has 0 amide bonds. The minimum atomic E-state index is -0.246. The van der Waals surface area contributed by atoms with Crippen LogP contribution < -0.4 is 5.32 Å². The third kappa shape index (κ3) is 3.07. The molecule has 1 heterocycles. The number of hydrogen-bond donors (Lipinski definition) is 2. The predicted octanol–water partition coefficient (Wildman–Crippen LogP) is 1.38. The van der Waals surface area contributed by atoms with Gasteiger partial charge >= 0.3 is 0 Å². The van der Waals surface area contributed by atoms with E-state index in [-0.39, 0.29) is 6.10 Å². The van der Waals surface area contributed by atoms with Crippen LogP contribution in [0.4, 0.5) is 5.82 Å². The molecule has 1 fully saturated rings. The van der Waals surface area contributed by atoms with Gasteiger partial charge in [0, 0.05) is 6.54 Å². The van der Waals surface area contributed by atoms with Crippen LogP contribution in [0.2, 0.25) is 0 Å². The van der Waals surface area contributed by atoms with Crippen molar-refractivity contribution in [2.45, 2.75) is 24.0 Å². The molecular weight excluding hydrogens is 210 g/mol. The van der Waals surface area contributed by atoms with E-state index in [1.54, 1.807) is 24.2 Å². The number of nitrogens with zero attached hydrogens (tertiary/aromatic N) is 2. The summed E-state index contributed by atoms with van der Waals surface area (Å²) in [6.07, 6.45) is 7.43. The van der Waals surface area contributed by atoms with Crippen molar-refractivity contribution in [3.8, 4) is 0 Å². The van der Waals surface area contributed by atoms with E-state index in [1.165, 1.54) is 0 Å². The van der Waals surface area contributed by atoms with E-state index in [1.807, 2.05) is 6.26 Å². The van der Waals surface area contributed by atoms with Gasteiger partial charge in [0.2, 0.25) is 0 Å². The summed E-state index contributed by atoms with van der Waals surface area (Å²) < 4.78 is 0. The first-order chi connectivity index (χ1) is 7.29. The SMILES string of the molecule is CSc1cncc(NC[C@@H](O)C2CC2)n1. The predicted molar refractivity (Wildman–Crippen MR) is 61.0 cm³/mol. The number of thioether (sulfide) groups is 1. The van der Waals surface area contributed by atoms with E-state index < -0.39 is 0 Å². The molecule has 1 aromatic heterocycles. The second-order valence-electron chi connectivity index (χ2n) is 3.73. The zero-order valence-corrected chi connectivity index (χ0v) is 9.50. The van der Waals surface area contributed by atoms with Crippen molar-refractivity contribution in [2.24, 2.45) is 5.92 Å². The number of hydrogen-bond acceptors (Lipinski definition) is 5. The Bertz CT molecular complexity index is 330. The highest BCUT2D eigenvalue weighted by Gasteiger charge is 2.29. The summed E-state index contributed by atoms with van der Waals surface area (Å²) in [7, 11) is 0. The van der Waals surface area contributed by atoms with Crippen LogP contribution in [0.5, 0.6) is 0 Å². The van der Waals surface area contributed by atoms with Crippen LogP contribution in [-0.2, 0) is 0 Å². The van der Waals surface area contributed by atoms with Gasteiger partial charge in [-0.15, -0.1) is 11.8 Å². The van der Waals surface area contributed by atoms with Gasteiger partial charge in [0.05, 0.1) is 18.5 Å². The largest absolute Gasteiger partial charge is 0.391 e. The van der Waals surface area contributed by atoms with Crippen LogP contribution in [0.3, 0.4) is 0 Å². The number of aliphatic hydroxyl groups excluding tert-OH is 1. The van der Waals surface area contributed by atoms with Crippen LogP contribution >= 0.6 is 11.8 Å². The zero-order valence-electron chi connectivity index (χ0n) is 8.68. The summed E-state index contributed by atoms with van der Waals surface area (Å²) in [5.41, 5.74) is 0. The Morgan fingerprint density at radius 3 is 3.07 bits per heavy atom. The summed E-state index contributed by atoms with van der Waals surface area (Å²) >= 11 is 1.56. The maximum absolute atomic E-state index is 9.66. The normalized spacial score (nSPS) is 17.5. The summed E-state index contributed by atoms with van der Waals surface area (Å²) in [6.45, 7) is 0.567. The van der Waals surface area contributed by atoms with Gasteiger partial charge < -0.3 is 10.4 Å². The van der Waals surface area contributed by atoms with Crippen molar-refractivity contribution in [2.75, 3.05) is 18.1 Å².